The number of hydrogen-bond donors (Lipinski definition) is 1. The fourth-order valence-corrected chi connectivity index (χ4v) is 4.03. The monoisotopic (exact) mass is 471 g/mol. The van der Waals surface area contributed by atoms with Gasteiger partial charge in [-0.05, 0) is 31.0 Å². The van der Waals surface area contributed by atoms with Crippen LogP contribution in [0.15, 0.2) is 36.8 Å². The highest BCUT2D eigenvalue weighted by Crippen LogP contribution is 2.19. The van der Waals surface area contributed by atoms with E-state index in [4.69, 9.17) is 5.73 Å². The predicted molar refractivity (Wildman–Crippen MR) is 123 cm³/mol. The van der Waals surface area contributed by atoms with E-state index in [-0.39, 0.29) is 17.2 Å². The lowest BCUT2D eigenvalue weighted by atomic mass is 10.1. The molecule has 11 heteroatoms. The van der Waals surface area contributed by atoms with Crippen LogP contribution in [0.3, 0.4) is 0 Å². The number of nitrogens with zero attached hydrogens (tertiary/aromatic N) is 6. The zero-order chi connectivity index (χ0) is 24.1. The Balaban J connectivity index is 1.18. The van der Waals surface area contributed by atoms with Crippen LogP contribution in [0.5, 0.6) is 0 Å². The summed E-state index contributed by atoms with van der Waals surface area (Å²) in [4.78, 5) is 40.1. The number of aromatic nitrogens is 4. The Morgan fingerprint density at radius 2 is 1.74 bits per heavy atom. The number of carbonyl (C=O) groups is 2. The first-order chi connectivity index (χ1) is 16.4. The largest absolute Gasteiger partial charge is 0.364 e. The number of halogens is 2. The summed E-state index contributed by atoms with van der Waals surface area (Å²) < 4.78 is 27.3. The molecule has 1 saturated heterocycles. The molecular weight excluding hydrogens is 444 g/mol. The number of amides is 2. The average molecular weight is 472 g/mol. The maximum Gasteiger partial charge on any atom is 0.267 e. The van der Waals surface area contributed by atoms with E-state index in [9.17, 15) is 18.4 Å². The van der Waals surface area contributed by atoms with Gasteiger partial charge in [0.2, 0.25) is 11.9 Å². The molecule has 1 aliphatic heterocycles. The first-order valence-corrected chi connectivity index (χ1v) is 11.3. The van der Waals surface area contributed by atoms with Gasteiger partial charge in [0.1, 0.15) is 11.3 Å². The lowest BCUT2D eigenvalue weighted by Gasteiger charge is -2.34. The maximum atomic E-state index is 12.6. The number of hydrogen-bond acceptors (Lipinski definition) is 6. The quantitative estimate of drug-likeness (QED) is 0.481. The lowest BCUT2D eigenvalue weighted by molar-refractivity contribution is -0.131. The Kier molecular flexibility index (Phi) is 7.29. The zero-order valence-electron chi connectivity index (χ0n) is 18.7. The third-order valence-corrected chi connectivity index (χ3v) is 5.98. The van der Waals surface area contributed by atoms with E-state index >= 15 is 0 Å². The van der Waals surface area contributed by atoms with Gasteiger partial charge >= 0.3 is 0 Å². The highest BCUT2D eigenvalue weighted by molar-refractivity contribution is 5.93. The van der Waals surface area contributed by atoms with E-state index < -0.39 is 12.3 Å². The molecule has 0 saturated carbocycles. The molecule has 1 fully saturated rings. The fraction of sp³-hybridized carbons (Fsp3) is 0.435. The molecule has 4 rings (SSSR count). The summed E-state index contributed by atoms with van der Waals surface area (Å²) in [6.07, 6.45) is 4.70. The molecule has 0 unspecified atom stereocenters. The normalized spacial score (nSPS) is 14.2. The standard InChI is InChI=1S/C23H27F2N7O2/c24-20(25)17-14-27-23(28-15-17)32-12-10-30(11-13-32)19(33)4-2-1-3-8-31-9-7-16-5-6-18(21(26)34)29-22(16)31/h5-7,9,14-15,20H,1-4,8,10-13H2,(H2,26,34). The number of anilines is 1. The fourth-order valence-electron chi connectivity index (χ4n) is 4.03. The Labute approximate surface area is 195 Å². The highest BCUT2D eigenvalue weighted by Gasteiger charge is 2.22. The van der Waals surface area contributed by atoms with Gasteiger partial charge in [0, 0.05) is 63.1 Å². The number of fused-ring (bicyclic) bond motifs is 1. The first-order valence-electron chi connectivity index (χ1n) is 11.3. The molecule has 0 bridgehead atoms. The molecule has 4 heterocycles. The number of pyridine rings is 1. The number of primary amides is 1. The second-order valence-corrected chi connectivity index (χ2v) is 8.28. The van der Waals surface area contributed by atoms with Crippen molar-refractivity contribution < 1.29 is 18.4 Å². The molecule has 0 spiro atoms. The Hall–Kier alpha value is -3.63. The summed E-state index contributed by atoms with van der Waals surface area (Å²) in [6.45, 7) is 3.00. The van der Waals surface area contributed by atoms with Gasteiger partial charge in [-0.15, -0.1) is 0 Å². The molecule has 180 valence electrons. The minimum Gasteiger partial charge on any atom is -0.364 e. The Bertz CT molecular complexity index is 1140. The zero-order valence-corrected chi connectivity index (χ0v) is 18.7. The van der Waals surface area contributed by atoms with E-state index in [1.165, 1.54) is 0 Å². The SMILES string of the molecule is NC(=O)c1ccc2ccn(CCCCCC(=O)N3CCN(c4ncc(C(F)F)cn4)CC3)c2n1. The van der Waals surface area contributed by atoms with Gasteiger partial charge in [0.15, 0.2) is 0 Å². The predicted octanol–water partition coefficient (Wildman–Crippen LogP) is 2.77. The van der Waals surface area contributed by atoms with E-state index in [1.54, 1.807) is 6.07 Å². The minimum absolute atomic E-state index is 0.118. The third kappa shape index (κ3) is 5.46. The van der Waals surface area contributed by atoms with E-state index in [1.807, 2.05) is 32.7 Å². The smallest absolute Gasteiger partial charge is 0.267 e. The van der Waals surface area contributed by atoms with Crippen molar-refractivity contribution >= 4 is 28.8 Å². The van der Waals surface area contributed by atoms with Crippen molar-refractivity contribution in [1.82, 2.24) is 24.4 Å². The third-order valence-electron chi connectivity index (χ3n) is 5.98. The molecule has 3 aromatic rings. The van der Waals surface area contributed by atoms with Crippen molar-refractivity contribution in [2.75, 3.05) is 31.1 Å². The molecular formula is C23H27F2N7O2. The number of unbranched alkanes of at least 4 members (excludes halogenated alkanes) is 2. The molecule has 34 heavy (non-hydrogen) atoms. The number of aryl methyl sites for hydroxylation is 1. The van der Waals surface area contributed by atoms with Gasteiger partial charge in [-0.2, -0.15) is 0 Å². The van der Waals surface area contributed by atoms with Crippen LogP contribution in [0, 0.1) is 0 Å². The summed E-state index contributed by atoms with van der Waals surface area (Å²) in [5.74, 6) is -0.0227. The van der Waals surface area contributed by atoms with Crippen molar-refractivity contribution in [3.63, 3.8) is 0 Å². The van der Waals surface area contributed by atoms with Crippen molar-refractivity contribution in [2.45, 2.75) is 38.7 Å². The summed E-state index contributed by atoms with van der Waals surface area (Å²) in [7, 11) is 0. The second kappa shape index (κ2) is 10.5. The maximum absolute atomic E-state index is 12.6. The van der Waals surface area contributed by atoms with E-state index in [0.717, 1.165) is 49.2 Å². The van der Waals surface area contributed by atoms with Gasteiger partial charge < -0.3 is 20.1 Å². The molecule has 0 radical (unpaired) electrons. The van der Waals surface area contributed by atoms with Crippen LogP contribution < -0.4 is 10.6 Å². The van der Waals surface area contributed by atoms with Gasteiger partial charge in [0.05, 0.1) is 5.56 Å². The van der Waals surface area contributed by atoms with Crippen LogP contribution in [-0.2, 0) is 11.3 Å². The lowest BCUT2D eigenvalue weighted by Crippen LogP contribution is -2.49. The summed E-state index contributed by atoms with van der Waals surface area (Å²) >= 11 is 0. The molecule has 0 atom stereocenters. The number of alkyl halides is 2. The van der Waals surface area contributed by atoms with Gasteiger partial charge in [0.25, 0.3) is 12.3 Å². The molecule has 0 aromatic carbocycles. The van der Waals surface area contributed by atoms with Crippen LogP contribution in [0.1, 0.15) is 48.2 Å². The summed E-state index contributed by atoms with van der Waals surface area (Å²) in [5.41, 5.74) is 6.10. The molecule has 9 nitrogen and oxygen atoms in total. The van der Waals surface area contributed by atoms with Gasteiger partial charge in [-0.1, -0.05) is 6.42 Å². The molecule has 0 aliphatic carbocycles. The molecule has 2 N–H and O–H groups in total. The van der Waals surface area contributed by atoms with Crippen LogP contribution in [0.25, 0.3) is 11.0 Å². The molecule has 1 aliphatic rings. The summed E-state index contributed by atoms with van der Waals surface area (Å²) in [5, 5.41) is 0.953. The van der Waals surface area contributed by atoms with Crippen molar-refractivity contribution in [3.8, 4) is 0 Å². The number of rotatable bonds is 9. The van der Waals surface area contributed by atoms with Crippen molar-refractivity contribution in [3.05, 3.63) is 48.0 Å². The minimum atomic E-state index is -2.59. The Morgan fingerprint density at radius 1 is 1.00 bits per heavy atom. The molecule has 2 amide bonds. The van der Waals surface area contributed by atoms with Crippen LogP contribution in [0.4, 0.5) is 14.7 Å². The number of carbonyl (C=O) groups excluding carboxylic acids is 2. The van der Waals surface area contributed by atoms with Crippen molar-refractivity contribution in [2.24, 2.45) is 5.73 Å². The van der Waals surface area contributed by atoms with Crippen LogP contribution in [0.2, 0.25) is 0 Å². The molecule has 3 aromatic heterocycles. The first kappa shape index (κ1) is 23.5. The van der Waals surface area contributed by atoms with E-state index in [2.05, 4.69) is 15.0 Å². The second-order valence-electron chi connectivity index (χ2n) is 8.28. The summed E-state index contributed by atoms with van der Waals surface area (Å²) in [6, 6.07) is 5.41. The van der Waals surface area contributed by atoms with E-state index in [0.29, 0.717) is 38.5 Å². The highest BCUT2D eigenvalue weighted by atomic mass is 19.3. The number of piperazine rings is 1. The average Bonchev–Trinajstić information content (AvgIpc) is 3.26. The van der Waals surface area contributed by atoms with Crippen LogP contribution >= 0.6 is 0 Å². The van der Waals surface area contributed by atoms with Crippen LogP contribution in [-0.4, -0.2) is 62.4 Å². The Morgan fingerprint density at radius 3 is 2.41 bits per heavy atom. The van der Waals surface area contributed by atoms with Gasteiger partial charge in [-0.3, -0.25) is 9.59 Å². The topological polar surface area (TPSA) is 110 Å². The van der Waals surface area contributed by atoms with Crippen molar-refractivity contribution in [1.29, 1.82) is 0 Å². The van der Waals surface area contributed by atoms with Gasteiger partial charge in [-0.25, -0.2) is 23.7 Å². The number of nitrogens with two attached hydrogens (primary N) is 1.